The van der Waals surface area contributed by atoms with Crippen molar-refractivity contribution in [2.75, 3.05) is 6.54 Å². The molecule has 0 atom stereocenters. The van der Waals surface area contributed by atoms with Crippen LogP contribution in [0.4, 0.5) is 5.69 Å². The van der Waals surface area contributed by atoms with Gasteiger partial charge in [0.05, 0.1) is 4.92 Å². The number of fused-ring (bicyclic) bond motifs is 3. The van der Waals surface area contributed by atoms with E-state index in [1.165, 1.54) is 47.1 Å². The van der Waals surface area contributed by atoms with Crippen LogP contribution in [0, 0.1) is 16.0 Å². The smallest absolute Gasteiger partial charge is 0.270 e. The van der Waals surface area contributed by atoms with Gasteiger partial charge in [-0.2, -0.15) is 0 Å². The fourth-order valence-corrected chi connectivity index (χ4v) is 4.28. The van der Waals surface area contributed by atoms with Crippen molar-refractivity contribution >= 4 is 22.5 Å². The third-order valence-electron chi connectivity index (χ3n) is 5.89. The molecule has 0 bridgehead atoms. The van der Waals surface area contributed by atoms with Crippen molar-refractivity contribution in [1.82, 2.24) is 9.47 Å². The lowest BCUT2D eigenvalue weighted by atomic mass is 10.0. The van der Waals surface area contributed by atoms with E-state index in [1.54, 1.807) is 12.1 Å². The molecule has 1 aliphatic heterocycles. The summed E-state index contributed by atoms with van der Waals surface area (Å²) in [5, 5.41) is 12.3. The number of benzene rings is 2. The minimum atomic E-state index is -0.462. The average Bonchev–Trinajstić information content (AvgIpc) is 3.50. The molecule has 1 saturated carbocycles. The zero-order valence-electron chi connectivity index (χ0n) is 15.5. The first-order chi connectivity index (χ1) is 13.6. The van der Waals surface area contributed by atoms with Crippen LogP contribution in [0.2, 0.25) is 0 Å². The second-order valence-electron chi connectivity index (χ2n) is 7.78. The number of rotatable bonds is 4. The second-order valence-corrected chi connectivity index (χ2v) is 7.78. The molecule has 142 valence electrons. The molecule has 6 nitrogen and oxygen atoms in total. The third kappa shape index (κ3) is 2.85. The quantitative estimate of drug-likeness (QED) is 0.508. The molecule has 6 heteroatoms. The first-order valence-electron chi connectivity index (χ1n) is 9.74. The maximum absolute atomic E-state index is 13.0. The first kappa shape index (κ1) is 17.0. The van der Waals surface area contributed by atoms with Crippen LogP contribution in [0.5, 0.6) is 0 Å². The van der Waals surface area contributed by atoms with Gasteiger partial charge in [-0.1, -0.05) is 24.3 Å². The largest absolute Gasteiger partial charge is 0.344 e. The van der Waals surface area contributed by atoms with Crippen LogP contribution < -0.4 is 0 Å². The molecule has 2 aliphatic rings. The highest BCUT2D eigenvalue weighted by Crippen LogP contribution is 2.36. The Morgan fingerprint density at radius 2 is 1.96 bits per heavy atom. The molecule has 1 aromatic heterocycles. The molecule has 0 saturated heterocycles. The van der Waals surface area contributed by atoms with Gasteiger partial charge in [-0.15, -0.1) is 0 Å². The molecule has 5 rings (SSSR count). The molecule has 1 fully saturated rings. The third-order valence-corrected chi connectivity index (χ3v) is 5.89. The Hall–Kier alpha value is -3.15. The summed E-state index contributed by atoms with van der Waals surface area (Å²) >= 11 is 0. The van der Waals surface area contributed by atoms with E-state index in [4.69, 9.17) is 0 Å². The van der Waals surface area contributed by atoms with E-state index in [2.05, 4.69) is 22.8 Å². The molecule has 1 aliphatic carbocycles. The zero-order chi connectivity index (χ0) is 19.3. The van der Waals surface area contributed by atoms with Gasteiger partial charge in [-0.05, 0) is 30.9 Å². The number of hydrogen-bond acceptors (Lipinski definition) is 3. The van der Waals surface area contributed by atoms with E-state index >= 15 is 0 Å². The van der Waals surface area contributed by atoms with Gasteiger partial charge in [0.15, 0.2) is 0 Å². The number of nitrogens with zero attached hydrogens (tertiary/aromatic N) is 3. The molecule has 0 unspecified atom stereocenters. The molecule has 1 amide bonds. The lowest BCUT2D eigenvalue weighted by molar-refractivity contribution is -0.384. The van der Waals surface area contributed by atoms with E-state index in [0.717, 1.165) is 18.9 Å². The molecule has 28 heavy (non-hydrogen) atoms. The molecular weight excluding hydrogens is 354 g/mol. The van der Waals surface area contributed by atoms with Crippen LogP contribution in [0.3, 0.4) is 0 Å². The highest BCUT2D eigenvalue weighted by Gasteiger charge is 2.30. The van der Waals surface area contributed by atoms with Crippen molar-refractivity contribution in [2.45, 2.75) is 32.4 Å². The van der Waals surface area contributed by atoms with Crippen molar-refractivity contribution in [3.63, 3.8) is 0 Å². The van der Waals surface area contributed by atoms with Gasteiger partial charge in [0, 0.05) is 65.9 Å². The van der Waals surface area contributed by atoms with Crippen molar-refractivity contribution in [1.29, 1.82) is 0 Å². The molecule has 0 radical (unpaired) electrons. The first-order valence-corrected chi connectivity index (χ1v) is 9.74. The van der Waals surface area contributed by atoms with E-state index in [-0.39, 0.29) is 11.6 Å². The highest BCUT2D eigenvalue weighted by atomic mass is 16.6. The summed E-state index contributed by atoms with van der Waals surface area (Å²) in [5.74, 6) is 0.637. The van der Waals surface area contributed by atoms with Crippen LogP contribution >= 0.6 is 0 Å². The predicted molar refractivity (Wildman–Crippen MR) is 106 cm³/mol. The lowest BCUT2D eigenvalue weighted by Gasteiger charge is -2.28. The maximum Gasteiger partial charge on any atom is 0.270 e. The summed E-state index contributed by atoms with van der Waals surface area (Å²) in [6, 6.07) is 14.4. The maximum atomic E-state index is 13.0. The van der Waals surface area contributed by atoms with E-state index in [0.29, 0.717) is 18.7 Å². The monoisotopic (exact) mass is 375 g/mol. The minimum Gasteiger partial charge on any atom is -0.344 e. The van der Waals surface area contributed by atoms with Gasteiger partial charge in [-0.3, -0.25) is 14.9 Å². The Kier molecular flexibility index (Phi) is 3.93. The van der Waals surface area contributed by atoms with Crippen molar-refractivity contribution in [3.05, 3.63) is 75.5 Å². The van der Waals surface area contributed by atoms with Crippen LogP contribution in [-0.2, 0) is 19.5 Å². The van der Waals surface area contributed by atoms with Gasteiger partial charge in [-0.25, -0.2) is 0 Å². The molecule has 2 aromatic carbocycles. The number of hydrogen-bond donors (Lipinski definition) is 0. The second kappa shape index (κ2) is 6.48. The number of para-hydroxylation sites is 1. The van der Waals surface area contributed by atoms with Crippen molar-refractivity contribution < 1.29 is 9.72 Å². The number of non-ortho nitro benzene ring substituents is 1. The molecule has 0 spiro atoms. The van der Waals surface area contributed by atoms with Crippen molar-refractivity contribution in [3.8, 4) is 0 Å². The highest BCUT2D eigenvalue weighted by molar-refractivity contribution is 5.95. The van der Waals surface area contributed by atoms with Gasteiger partial charge in [0.25, 0.3) is 11.6 Å². The lowest BCUT2D eigenvalue weighted by Crippen LogP contribution is -2.36. The van der Waals surface area contributed by atoms with Crippen LogP contribution in [0.1, 0.15) is 34.5 Å². The molecular formula is C22H21N3O3. The fraction of sp³-hybridized carbons (Fsp3) is 0.318. The standard InChI is InChI=1S/C22H21N3O3/c26-22(16-4-3-5-17(12-16)25(27)28)23-11-10-21-19(14-23)18-6-1-2-7-20(18)24(21)13-15-8-9-15/h1-7,12,15H,8-11,13-14H2. The van der Waals surface area contributed by atoms with Gasteiger partial charge in [0.2, 0.25) is 0 Å². The van der Waals surface area contributed by atoms with E-state index < -0.39 is 4.92 Å². The Balaban J connectivity index is 1.49. The van der Waals surface area contributed by atoms with Gasteiger partial charge >= 0.3 is 0 Å². The van der Waals surface area contributed by atoms with E-state index in [1.807, 2.05) is 11.0 Å². The molecule has 2 heterocycles. The Morgan fingerprint density at radius 1 is 1.14 bits per heavy atom. The predicted octanol–water partition coefficient (Wildman–Crippen LogP) is 4.16. The summed E-state index contributed by atoms with van der Waals surface area (Å²) in [6.45, 7) is 2.25. The molecule has 3 aromatic rings. The topological polar surface area (TPSA) is 68.4 Å². The number of nitro benzene ring substituents is 1. The summed E-state index contributed by atoms with van der Waals surface area (Å²) in [7, 11) is 0. The SMILES string of the molecule is O=C(c1cccc([N+](=O)[O-])c1)N1CCc2c(c3ccccc3n2CC2CC2)C1. The number of carbonyl (C=O) groups is 1. The number of amides is 1. The number of carbonyl (C=O) groups excluding carboxylic acids is 1. The Labute approximate surface area is 162 Å². The van der Waals surface area contributed by atoms with Gasteiger partial charge < -0.3 is 9.47 Å². The Bertz CT molecular complexity index is 1100. The summed E-state index contributed by atoms with van der Waals surface area (Å²) in [4.78, 5) is 25.4. The number of nitro groups is 1. The van der Waals surface area contributed by atoms with Crippen LogP contribution in [-0.4, -0.2) is 26.8 Å². The molecule has 0 N–H and O–H groups in total. The normalized spacial score (nSPS) is 16.2. The van der Waals surface area contributed by atoms with Crippen LogP contribution in [0.15, 0.2) is 48.5 Å². The zero-order valence-corrected chi connectivity index (χ0v) is 15.5. The van der Waals surface area contributed by atoms with Crippen LogP contribution in [0.25, 0.3) is 10.9 Å². The van der Waals surface area contributed by atoms with Gasteiger partial charge in [0.1, 0.15) is 0 Å². The van der Waals surface area contributed by atoms with Crippen molar-refractivity contribution in [2.24, 2.45) is 5.92 Å². The van der Waals surface area contributed by atoms with E-state index in [9.17, 15) is 14.9 Å². The Morgan fingerprint density at radius 3 is 2.75 bits per heavy atom. The fourth-order valence-electron chi connectivity index (χ4n) is 4.28. The summed E-state index contributed by atoms with van der Waals surface area (Å²) < 4.78 is 2.46. The summed E-state index contributed by atoms with van der Waals surface area (Å²) in [6.07, 6.45) is 3.43. The number of aromatic nitrogens is 1. The average molecular weight is 375 g/mol. The summed E-state index contributed by atoms with van der Waals surface area (Å²) in [5.41, 5.74) is 4.14. The minimum absolute atomic E-state index is 0.0513.